The van der Waals surface area contributed by atoms with Crippen LogP contribution in [0.15, 0.2) is 24.3 Å². The summed E-state index contributed by atoms with van der Waals surface area (Å²) in [7, 11) is 1.69. The van der Waals surface area contributed by atoms with E-state index in [2.05, 4.69) is 36.4 Å². The van der Waals surface area contributed by atoms with Crippen molar-refractivity contribution < 1.29 is 9.84 Å². The highest BCUT2D eigenvalue weighted by Crippen LogP contribution is 2.15. The predicted molar refractivity (Wildman–Crippen MR) is 91.8 cm³/mol. The van der Waals surface area contributed by atoms with Crippen molar-refractivity contribution in [1.82, 2.24) is 15.1 Å². The third kappa shape index (κ3) is 4.56. The lowest BCUT2D eigenvalue weighted by Gasteiger charge is -2.15. The molecule has 126 valence electrons. The average Bonchev–Trinajstić information content (AvgIpc) is 2.80. The molecule has 2 aromatic rings. The minimum absolute atomic E-state index is 0.112. The zero-order valence-electron chi connectivity index (χ0n) is 14.5. The van der Waals surface area contributed by atoms with Crippen LogP contribution in [0.4, 0.5) is 0 Å². The average molecular weight is 317 g/mol. The molecule has 0 aliphatic heterocycles. The highest BCUT2D eigenvalue weighted by Gasteiger charge is 2.12. The van der Waals surface area contributed by atoms with Crippen molar-refractivity contribution in [3.63, 3.8) is 0 Å². The summed E-state index contributed by atoms with van der Waals surface area (Å²) in [6.07, 6.45) is 0.945. The molecule has 23 heavy (non-hydrogen) atoms. The highest BCUT2D eigenvalue weighted by molar-refractivity contribution is 5.29. The fraction of sp³-hybridized carbons (Fsp3) is 0.500. The van der Waals surface area contributed by atoms with Crippen molar-refractivity contribution in [1.29, 1.82) is 0 Å². The van der Waals surface area contributed by atoms with Crippen molar-refractivity contribution >= 4 is 0 Å². The Bertz CT molecular complexity index is 637. The Morgan fingerprint density at radius 1 is 1.35 bits per heavy atom. The number of nitrogens with one attached hydrogen (secondary N) is 1. The van der Waals surface area contributed by atoms with E-state index in [9.17, 15) is 0 Å². The maximum absolute atomic E-state index is 9.08. The third-order valence-corrected chi connectivity index (χ3v) is 4.15. The highest BCUT2D eigenvalue weighted by atomic mass is 16.5. The van der Waals surface area contributed by atoms with Crippen LogP contribution in [0, 0.1) is 13.8 Å². The number of rotatable bonds is 8. The first-order valence-corrected chi connectivity index (χ1v) is 8.05. The van der Waals surface area contributed by atoms with Gasteiger partial charge in [-0.3, -0.25) is 4.68 Å². The lowest BCUT2D eigenvalue weighted by molar-refractivity contribution is 0.267. The van der Waals surface area contributed by atoms with Crippen molar-refractivity contribution in [2.24, 2.45) is 0 Å². The normalized spacial score (nSPS) is 12.4. The topological polar surface area (TPSA) is 59.3 Å². The van der Waals surface area contributed by atoms with Crippen molar-refractivity contribution in [2.45, 2.75) is 46.3 Å². The van der Waals surface area contributed by atoms with Crippen LogP contribution >= 0.6 is 0 Å². The summed E-state index contributed by atoms with van der Waals surface area (Å²) in [5.41, 5.74) is 4.62. The second-order valence-electron chi connectivity index (χ2n) is 5.93. The summed E-state index contributed by atoms with van der Waals surface area (Å²) >= 11 is 0. The van der Waals surface area contributed by atoms with Gasteiger partial charge in [-0.05, 0) is 44.9 Å². The Labute approximate surface area is 138 Å². The van der Waals surface area contributed by atoms with E-state index in [0.717, 1.165) is 30.1 Å². The van der Waals surface area contributed by atoms with Gasteiger partial charge in [0.15, 0.2) is 0 Å². The largest absolute Gasteiger partial charge is 0.497 e. The molecule has 0 amide bonds. The van der Waals surface area contributed by atoms with Crippen LogP contribution in [-0.2, 0) is 19.5 Å². The number of aliphatic hydroxyl groups excluding tert-OH is 1. The number of benzene rings is 1. The lowest BCUT2D eigenvalue weighted by atomic mass is 10.1. The van der Waals surface area contributed by atoms with Gasteiger partial charge >= 0.3 is 0 Å². The molecule has 0 spiro atoms. The van der Waals surface area contributed by atoms with Gasteiger partial charge in [0.1, 0.15) is 5.75 Å². The molecule has 5 nitrogen and oxygen atoms in total. The van der Waals surface area contributed by atoms with Crippen LogP contribution in [0.5, 0.6) is 5.75 Å². The van der Waals surface area contributed by atoms with Gasteiger partial charge in [0, 0.05) is 23.8 Å². The molecule has 0 saturated heterocycles. The summed E-state index contributed by atoms with van der Waals surface area (Å²) in [6, 6.07) is 8.53. The van der Waals surface area contributed by atoms with Gasteiger partial charge in [0.25, 0.3) is 0 Å². The van der Waals surface area contributed by atoms with Gasteiger partial charge in [-0.1, -0.05) is 12.1 Å². The molecule has 1 heterocycles. The minimum atomic E-state index is 0.112. The Hall–Kier alpha value is -1.85. The van der Waals surface area contributed by atoms with Gasteiger partial charge in [-0.2, -0.15) is 5.10 Å². The molecule has 5 heteroatoms. The standard InChI is InChI=1S/C18H27N3O2/c1-13(10-16-6-5-7-17(11-16)23-4)19-12-18-14(2)20-21(8-9-22)15(18)3/h5-7,11,13,19,22H,8-10,12H2,1-4H3. The SMILES string of the molecule is COc1cccc(CC(C)NCc2c(C)nn(CCO)c2C)c1. The van der Waals surface area contributed by atoms with E-state index in [0.29, 0.717) is 12.6 Å². The van der Waals surface area contributed by atoms with E-state index in [1.54, 1.807) is 7.11 Å². The Balaban J connectivity index is 1.95. The van der Waals surface area contributed by atoms with E-state index in [4.69, 9.17) is 9.84 Å². The first kappa shape index (κ1) is 17.5. The van der Waals surface area contributed by atoms with Crippen molar-refractivity contribution in [3.8, 4) is 5.75 Å². The van der Waals surface area contributed by atoms with E-state index in [-0.39, 0.29) is 6.61 Å². The zero-order chi connectivity index (χ0) is 16.8. The van der Waals surface area contributed by atoms with Gasteiger partial charge in [-0.25, -0.2) is 0 Å². The summed E-state index contributed by atoms with van der Waals surface area (Å²) in [5, 5.41) is 17.1. The summed E-state index contributed by atoms with van der Waals surface area (Å²) in [5.74, 6) is 0.895. The molecule has 0 fully saturated rings. The summed E-state index contributed by atoms with van der Waals surface area (Å²) in [6.45, 7) is 7.70. The smallest absolute Gasteiger partial charge is 0.119 e. The summed E-state index contributed by atoms with van der Waals surface area (Å²) in [4.78, 5) is 0. The van der Waals surface area contributed by atoms with Gasteiger partial charge in [0.2, 0.25) is 0 Å². The maximum Gasteiger partial charge on any atom is 0.119 e. The number of nitrogens with zero attached hydrogens (tertiary/aromatic N) is 2. The quantitative estimate of drug-likeness (QED) is 0.784. The van der Waals surface area contributed by atoms with Crippen LogP contribution in [-0.4, -0.2) is 34.6 Å². The first-order chi connectivity index (χ1) is 11.0. The Morgan fingerprint density at radius 3 is 2.83 bits per heavy atom. The Kier molecular flexibility index (Phi) is 6.19. The predicted octanol–water partition coefficient (Wildman–Crippen LogP) is 2.22. The van der Waals surface area contributed by atoms with Crippen LogP contribution in [0.2, 0.25) is 0 Å². The van der Waals surface area contributed by atoms with Gasteiger partial charge in [-0.15, -0.1) is 0 Å². The van der Waals surface area contributed by atoms with E-state index in [1.807, 2.05) is 23.7 Å². The number of hydrogen-bond acceptors (Lipinski definition) is 4. The molecule has 0 radical (unpaired) electrons. The molecular formula is C18H27N3O2. The number of aryl methyl sites for hydroxylation is 1. The molecule has 0 aliphatic carbocycles. The molecule has 0 saturated carbocycles. The number of aromatic nitrogens is 2. The summed E-state index contributed by atoms with van der Waals surface area (Å²) < 4.78 is 7.15. The number of aliphatic hydroxyl groups is 1. The van der Waals surface area contributed by atoms with E-state index in [1.165, 1.54) is 11.1 Å². The Morgan fingerprint density at radius 2 is 2.13 bits per heavy atom. The monoisotopic (exact) mass is 317 g/mol. The fourth-order valence-corrected chi connectivity index (χ4v) is 2.80. The van der Waals surface area contributed by atoms with E-state index < -0.39 is 0 Å². The fourth-order valence-electron chi connectivity index (χ4n) is 2.80. The second-order valence-corrected chi connectivity index (χ2v) is 5.93. The van der Waals surface area contributed by atoms with Gasteiger partial charge in [0.05, 0.1) is 26.0 Å². The molecular weight excluding hydrogens is 290 g/mol. The third-order valence-electron chi connectivity index (χ3n) is 4.15. The lowest BCUT2D eigenvalue weighted by Crippen LogP contribution is -2.28. The number of ether oxygens (including phenoxy) is 1. The molecule has 1 aromatic carbocycles. The van der Waals surface area contributed by atoms with E-state index >= 15 is 0 Å². The minimum Gasteiger partial charge on any atom is -0.497 e. The molecule has 2 rings (SSSR count). The maximum atomic E-state index is 9.08. The molecule has 1 aromatic heterocycles. The first-order valence-electron chi connectivity index (χ1n) is 8.05. The molecule has 1 unspecified atom stereocenters. The molecule has 0 aliphatic rings. The van der Waals surface area contributed by atoms with Crippen LogP contribution in [0.3, 0.4) is 0 Å². The van der Waals surface area contributed by atoms with Crippen molar-refractivity contribution in [2.75, 3.05) is 13.7 Å². The zero-order valence-corrected chi connectivity index (χ0v) is 14.5. The molecule has 2 N–H and O–H groups in total. The molecule has 1 atom stereocenters. The molecule has 0 bridgehead atoms. The van der Waals surface area contributed by atoms with Crippen LogP contribution in [0.1, 0.15) is 29.4 Å². The number of methoxy groups -OCH3 is 1. The van der Waals surface area contributed by atoms with Crippen LogP contribution in [0.25, 0.3) is 0 Å². The van der Waals surface area contributed by atoms with Crippen LogP contribution < -0.4 is 10.1 Å². The number of hydrogen-bond donors (Lipinski definition) is 2. The van der Waals surface area contributed by atoms with Gasteiger partial charge < -0.3 is 15.2 Å². The van der Waals surface area contributed by atoms with Crippen molar-refractivity contribution in [3.05, 3.63) is 46.8 Å². The second kappa shape index (κ2) is 8.13.